The van der Waals surface area contributed by atoms with E-state index in [0.29, 0.717) is 18.5 Å². The topological polar surface area (TPSA) is 50.8 Å². The lowest BCUT2D eigenvalue weighted by molar-refractivity contribution is 0.141. The second-order valence-electron chi connectivity index (χ2n) is 4.47. The number of nitrogens with zero attached hydrogens (tertiary/aromatic N) is 3. The summed E-state index contributed by atoms with van der Waals surface area (Å²) < 4.78 is 0. The molecule has 82 valence electrons. The fourth-order valence-electron chi connectivity index (χ4n) is 2.47. The summed E-state index contributed by atoms with van der Waals surface area (Å²) in [7, 11) is 0. The van der Waals surface area contributed by atoms with E-state index < -0.39 is 0 Å². The van der Waals surface area contributed by atoms with Crippen molar-refractivity contribution in [1.29, 1.82) is 10.5 Å². The molecule has 0 saturated heterocycles. The minimum atomic E-state index is 0.172. The van der Waals surface area contributed by atoms with Crippen molar-refractivity contribution < 1.29 is 0 Å². The Hall–Kier alpha value is -1.06. The van der Waals surface area contributed by atoms with Gasteiger partial charge in [-0.3, -0.25) is 4.90 Å². The van der Waals surface area contributed by atoms with Gasteiger partial charge in [0.25, 0.3) is 0 Å². The van der Waals surface area contributed by atoms with Crippen molar-refractivity contribution in [3.05, 3.63) is 0 Å². The molecule has 0 bridgehead atoms. The highest BCUT2D eigenvalue weighted by atomic mass is 15.2. The van der Waals surface area contributed by atoms with Gasteiger partial charge >= 0.3 is 0 Å². The third-order valence-electron chi connectivity index (χ3n) is 3.22. The maximum absolute atomic E-state index is 9.05. The second-order valence-corrected chi connectivity index (χ2v) is 4.47. The van der Waals surface area contributed by atoms with Gasteiger partial charge in [0.15, 0.2) is 0 Å². The first-order valence-corrected chi connectivity index (χ1v) is 5.73. The lowest BCUT2D eigenvalue weighted by Gasteiger charge is -2.33. The summed E-state index contributed by atoms with van der Waals surface area (Å²) >= 11 is 0. The van der Waals surface area contributed by atoms with Gasteiger partial charge in [-0.05, 0) is 26.7 Å². The van der Waals surface area contributed by atoms with Crippen molar-refractivity contribution in [2.24, 2.45) is 5.92 Å². The predicted molar refractivity (Wildman–Crippen MR) is 58.8 cm³/mol. The zero-order valence-electron chi connectivity index (χ0n) is 9.61. The molecule has 1 aliphatic rings. The van der Waals surface area contributed by atoms with E-state index in [2.05, 4.69) is 30.9 Å². The number of hydrogen-bond donors (Lipinski definition) is 0. The van der Waals surface area contributed by atoms with Crippen LogP contribution in [0.2, 0.25) is 0 Å². The Morgan fingerprint density at radius 1 is 1.33 bits per heavy atom. The summed E-state index contributed by atoms with van der Waals surface area (Å²) in [6.07, 6.45) is 3.85. The van der Waals surface area contributed by atoms with Crippen LogP contribution in [0.4, 0.5) is 0 Å². The minimum Gasteiger partial charge on any atom is -0.296 e. The normalized spacial score (nSPS) is 25.5. The molecular weight excluding hydrogens is 186 g/mol. The molecule has 1 aliphatic carbocycles. The van der Waals surface area contributed by atoms with Crippen molar-refractivity contribution in [3.63, 3.8) is 0 Å². The molecule has 15 heavy (non-hydrogen) atoms. The standard InChI is InChI=1S/C12H19N3/c1-10(2)15(8-4-7-13)12-6-3-5-11(12)9-14/h10-12H,3-6,8H2,1-2H3. The molecular formula is C12H19N3. The Kier molecular flexibility index (Phi) is 4.59. The molecule has 1 fully saturated rings. The molecule has 1 rings (SSSR count). The lowest BCUT2D eigenvalue weighted by atomic mass is 10.0. The van der Waals surface area contributed by atoms with Gasteiger partial charge < -0.3 is 0 Å². The van der Waals surface area contributed by atoms with E-state index in [9.17, 15) is 0 Å². The summed E-state index contributed by atoms with van der Waals surface area (Å²) in [6.45, 7) is 5.09. The van der Waals surface area contributed by atoms with E-state index in [1.54, 1.807) is 0 Å². The minimum absolute atomic E-state index is 0.172. The van der Waals surface area contributed by atoms with Gasteiger partial charge in [-0.1, -0.05) is 6.42 Å². The van der Waals surface area contributed by atoms with Crippen molar-refractivity contribution in [2.45, 2.75) is 51.6 Å². The fourth-order valence-corrected chi connectivity index (χ4v) is 2.47. The van der Waals surface area contributed by atoms with Gasteiger partial charge in [-0.2, -0.15) is 10.5 Å². The van der Waals surface area contributed by atoms with Crippen LogP contribution in [0.3, 0.4) is 0 Å². The van der Waals surface area contributed by atoms with E-state index in [1.807, 2.05) is 0 Å². The van der Waals surface area contributed by atoms with Crippen LogP contribution < -0.4 is 0 Å². The molecule has 0 aliphatic heterocycles. The largest absolute Gasteiger partial charge is 0.296 e. The van der Waals surface area contributed by atoms with Gasteiger partial charge in [0.05, 0.1) is 18.1 Å². The van der Waals surface area contributed by atoms with Crippen molar-refractivity contribution in [2.75, 3.05) is 6.54 Å². The van der Waals surface area contributed by atoms with E-state index >= 15 is 0 Å². The highest BCUT2D eigenvalue weighted by Crippen LogP contribution is 2.30. The molecule has 0 heterocycles. The van der Waals surface area contributed by atoms with Crippen molar-refractivity contribution in [3.8, 4) is 12.1 Å². The van der Waals surface area contributed by atoms with Crippen LogP contribution in [0.25, 0.3) is 0 Å². The first kappa shape index (κ1) is 12.0. The van der Waals surface area contributed by atoms with Gasteiger partial charge in [0, 0.05) is 25.0 Å². The van der Waals surface area contributed by atoms with Gasteiger partial charge in [-0.25, -0.2) is 0 Å². The molecule has 3 nitrogen and oxygen atoms in total. The molecule has 0 spiro atoms. The molecule has 2 unspecified atom stereocenters. The van der Waals surface area contributed by atoms with Crippen LogP contribution in [-0.2, 0) is 0 Å². The molecule has 0 aromatic heterocycles. The number of rotatable bonds is 4. The maximum atomic E-state index is 9.05. The summed E-state index contributed by atoms with van der Waals surface area (Å²) in [5.41, 5.74) is 0. The van der Waals surface area contributed by atoms with E-state index in [4.69, 9.17) is 10.5 Å². The van der Waals surface area contributed by atoms with Crippen LogP contribution in [-0.4, -0.2) is 23.5 Å². The molecule has 0 aromatic rings. The van der Waals surface area contributed by atoms with Gasteiger partial charge in [-0.15, -0.1) is 0 Å². The quantitative estimate of drug-likeness (QED) is 0.707. The molecule has 0 N–H and O–H groups in total. The monoisotopic (exact) mass is 205 g/mol. The third kappa shape index (κ3) is 2.94. The van der Waals surface area contributed by atoms with Crippen LogP contribution >= 0.6 is 0 Å². The number of hydrogen-bond acceptors (Lipinski definition) is 3. The molecule has 0 radical (unpaired) electrons. The zero-order valence-corrected chi connectivity index (χ0v) is 9.61. The molecule has 0 aromatic carbocycles. The molecule has 1 saturated carbocycles. The summed E-state index contributed by atoms with van der Waals surface area (Å²) in [6, 6.07) is 5.39. The summed E-state index contributed by atoms with van der Waals surface area (Å²) in [4.78, 5) is 2.32. The summed E-state index contributed by atoms with van der Waals surface area (Å²) in [5.74, 6) is 0.172. The second kappa shape index (κ2) is 5.73. The smallest absolute Gasteiger partial charge is 0.0672 e. The Labute approximate surface area is 92.3 Å². The van der Waals surface area contributed by atoms with E-state index in [-0.39, 0.29) is 5.92 Å². The Bertz CT molecular complexity index is 272. The van der Waals surface area contributed by atoms with E-state index in [0.717, 1.165) is 25.8 Å². The van der Waals surface area contributed by atoms with Crippen molar-refractivity contribution in [1.82, 2.24) is 4.90 Å². The SMILES string of the molecule is CC(C)N(CCC#N)C1CCCC1C#N. The highest BCUT2D eigenvalue weighted by Gasteiger charge is 2.32. The van der Waals surface area contributed by atoms with Gasteiger partial charge in [0.2, 0.25) is 0 Å². The first-order valence-electron chi connectivity index (χ1n) is 5.73. The lowest BCUT2D eigenvalue weighted by Crippen LogP contribution is -2.42. The Morgan fingerprint density at radius 2 is 2.07 bits per heavy atom. The van der Waals surface area contributed by atoms with E-state index in [1.165, 1.54) is 0 Å². The third-order valence-corrected chi connectivity index (χ3v) is 3.22. The van der Waals surface area contributed by atoms with Crippen LogP contribution in [0, 0.1) is 28.6 Å². The molecule has 0 amide bonds. The average molecular weight is 205 g/mol. The molecule has 3 heteroatoms. The Balaban J connectivity index is 2.63. The first-order chi connectivity index (χ1) is 7.20. The zero-order chi connectivity index (χ0) is 11.3. The average Bonchev–Trinajstić information content (AvgIpc) is 2.66. The van der Waals surface area contributed by atoms with Crippen LogP contribution in [0.15, 0.2) is 0 Å². The van der Waals surface area contributed by atoms with Crippen LogP contribution in [0.5, 0.6) is 0 Å². The maximum Gasteiger partial charge on any atom is 0.0672 e. The summed E-state index contributed by atoms with van der Waals surface area (Å²) in [5, 5.41) is 17.7. The van der Waals surface area contributed by atoms with Crippen LogP contribution in [0.1, 0.15) is 39.5 Å². The highest BCUT2D eigenvalue weighted by molar-refractivity contribution is 4.98. The fraction of sp³-hybridized carbons (Fsp3) is 0.833. The molecule has 2 atom stereocenters. The van der Waals surface area contributed by atoms with Gasteiger partial charge in [0.1, 0.15) is 0 Å². The number of nitriles is 2. The predicted octanol–water partition coefficient (Wildman–Crippen LogP) is 2.30. The Morgan fingerprint density at radius 3 is 2.60 bits per heavy atom. The van der Waals surface area contributed by atoms with Crippen molar-refractivity contribution >= 4 is 0 Å².